The minimum atomic E-state index is 0.681. The van der Waals surface area contributed by atoms with E-state index in [1.165, 1.54) is 0 Å². The van der Waals surface area contributed by atoms with E-state index in [4.69, 9.17) is 10.8 Å². The van der Waals surface area contributed by atoms with E-state index in [2.05, 4.69) is 9.99 Å². The number of nitrogens with one attached hydrogen (secondary N) is 2. The Morgan fingerprint density at radius 3 is 2.57 bits per heavy atom. The molecule has 0 radical (unpaired) electrons. The summed E-state index contributed by atoms with van der Waals surface area (Å²) in [4.78, 5) is 4.03. The zero-order valence-electron chi connectivity index (χ0n) is 3.59. The Hall–Kier alpha value is -1.19. The molecule has 0 aromatic carbocycles. The largest absolute Gasteiger partial charge is 0.345 e. The van der Waals surface area contributed by atoms with E-state index in [-0.39, 0.29) is 0 Å². The average Bonchev–Trinajstić information content (AvgIpc) is 1.69. The third kappa shape index (κ3) is 4.81. The molecule has 0 aliphatic carbocycles. The van der Waals surface area contributed by atoms with Crippen LogP contribution in [0.3, 0.4) is 0 Å². The molecule has 0 bridgehead atoms. The molecule has 4 heteroatoms. The molecule has 0 saturated carbocycles. The Bertz CT molecular complexity index is 88.2. The molecule has 4 nitrogen and oxygen atoms in total. The van der Waals surface area contributed by atoms with Gasteiger partial charge in [-0.2, -0.15) is 0 Å². The standard InChI is InChI=1S/C3H5N3O/c4-1-2-6-7-3-5/h1-5H/b4-1?,5-3?,6-2+. The number of oxime groups is 1. The fourth-order valence-electron chi connectivity index (χ4n) is 0.0960. The first-order chi connectivity index (χ1) is 3.41. The molecule has 0 aliphatic heterocycles. The first kappa shape index (κ1) is 5.81. The second kappa shape index (κ2) is 4.81. The van der Waals surface area contributed by atoms with Gasteiger partial charge in [-0.25, -0.2) is 0 Å². The molecule has 0 fully saturated rings. The van der Waals surface area contributed by atoms with Gasteiger partial charge in [0.25, 0.3) is 0 Å². The molecule has 0 heterocycles. The van der Waals surface area contributed by atoms with Crippen molar-refractivity contribution < 1.29 is 4.84 Å². The normalized spacial score (nSPS) is 8.57. The summed E-state index contributed by atoms with van der Waals surface area (Å²) in [7, 11) is 0. The van der Waals surface area contributed by atoms with Gasteiger partial charge in [0.2, 0.25) is 6.40 Å². The summed E-state index contributed by atoms with van der Waals surface area (Å²) in [5, 5.41) is 15.7. The van der Waals surface area contributed by atoms with Gasteiger partial charge in [-0.1, -0.05) is 5.16 Å². The molecule has 38 valence electrons. The lowest BCUT2D eigenvalue weighted by Crippen LogP contribution is -1.75. The Balaban J connectivity index is 3.08. The maximum absolute atomic E-state index is 6.35. The lowest BCUT2D eigenvalue weighted by Gasteiger charge is -1.76. The van der Waals surface area contributed by atoms with Crippen molar-refractivity contribution in [3.05, 3.63) is 0 Å². The van der Waals surface area contributed by atoms with E-state index in [0.717, 1.165) is 12.4 Å². The van der Waals surface area contributed by atoms with Crippen LogP contribution in [0.2, 0.25) is 0 Å². The van der Waals surface area contributed by atoms with E-state index in [1.807, 2.05) is 0 Å². The summed E-state index contributed by atoms with van der Waals surface area (Å²) in [5.41, 5.74) is 0. The lowest BCUT2D eigenvalue weighted by molar-refractivity contribution is 0.346. The predicted octanol–water partition coefficient (Wildman–Crippen LogP) is 0.245. The van der Waals surface area contributed by atoms with Crippen molar-refractivity contribution in [3.8, 4) is 0 Å². The zero-order chi connectivity index (χ0) is 5.54. The Labute approximate surface area is 40.8 Å². The number of hydrogen-bond donors (Lipinski definition) is 2. The van der Waals surface area contributed by atoms with Crippen LogP contribution in [0.4, 0.5) is 0 Å². The second-order valence-electron chi connectivity index (χ2n) is 0.644. The van der Waals surface area contributed by atoms with Gasteiger partial charge < -0.3 is 10.2 Å². The molecule has 0 atom stereocenters. The third-order valence-electron chi connectivity index (χ3n) is 0.249. The molecule has 0 unspecified atom stereocenters. The molecule has 0 rings (SSSR count). The van der Waals surface area contributed by atoms with Crippen LogP contribution >= 0.6 is 0 Å². The van der Waals surface area contributed by atoms with E-state index in [1.54, 1.807) is 0 Å². The summed E-state index contributed by atoms with van der Waals surface area (Å²) < 4.78 is 0. The van der Waals surface area contributed by atoms with Gasteiger partial charge in [0.05, 0.1) is 6.21 Å². The van der Waals surface area contributed by atoms with Crippen LogP contribution < -0.4 is 0 Å². The fourth-order valence-corrected chi connectivity index (χ4v) is 0.0960. The van der Waals surface area contributed by atoms with Crippen LogP contribution in [0.15, 0.2) is 5.16 Å². The van der Waals surface area contributed by atoms with Crippen molar-refractivity contribution in [1.82, 2.24) is 0 Å². The molecule has 0 saturated heterocycles. The first-order valence-electron chi connectivity index (χ1n) is 1.59. The van der Waals surface area contributed by atoms with Crippen LogP contribution in [-0.4, -0.2) is 18.8 Å². The highest BCUT2D eigenvalue weighted by Gasteiger charge is 1.59. The van der Waals surface area contributed by atoms with Crippen molar-refractivity contribution >= 4 is 18.8 Å². The molecular formula is C3H5N3O. The SMILES string of the molecule is N=C/C=N/OC=N. The topological polar surface area (TPSA) is 69.3 Å². The van der Waals surface area contributed by atoms with E-state index >= 15 is 0 Å². The minimum absolute atomic E-state index is 0.681. The van der Waals surface area contributed by atoms with Crippen LogP contribution in [-0.2, 0) is 4.84 Å². The Morgan fingerprint density at radius 2 is 2.14 bits per heavy atom. The Morgan fingerprint density at radius 1 is 1.43 bits per heavy atom. The van der Waals surface area contributed by atoms with Gasteiger partial charge in [-0.05, 0) is 0 Å². The summed E-state index contributed by atoms with van der Waals surface area (Å²) in [6.45, 7) is 0. The fraction of sp³-hybridized carbons (Fsp3) is 0. The second-order valence-corrected chi connectivity index (χ2v) is 0.644. The smallest absolute Gasteiger partial charge is 0.204 e. The van der Waals surface area contributed by atoms with Crippen molar-refractivity contribution in [3.63, 3.8) is 0 Å². The summed E-state index contributed by atoms with van der Waals surface area (Å²) >= 11 is 0. The molecule has 0 amide bonds. The number of hydrogen-bond acceptors (Lipinski definition) is 4. The minimum Gasteiger partial charge on any atom is -0.345 e. The lowest BCUT2D eigenvalue weighted by atomic mass is 10.8. The Kier molecular flexibility index (Phi) is 3.99. The highest BCUT2D eigenvalue weighted by Crippen LogP contribution is 1.59. The van der Waals surface area contributed by atoms with E-state index in [0.29, 0.717) is 6.40 Å². The van der Waals surface area contributed by atoms with E-state index < -0.39 is 0 Å². The van der Waals surface area contributed by atoms with Gasteiger partial charge in [0.15, 0.2) is 0 Å². The van der Waals surface area contributed by atoms with Gasteiger partial charge in [-0.3, -0.25) is 5.41 Å². The van der Waals surface area contributed by atoms with Gasteiger partial charge >= 0.3 is 0 Å². The zero-order valence-corrected chi connectivity index (χ0v) is 3.59. The summed E-state index contributed by atoms with van der Waals surface area (Å²) in [5.74, 6) is 0. The van der Waals surface area contributed by atoms with Crippen LogP contribution in [0, 0.1) is 10.8 Å². The van der Waals surface area contributed by atoms with Crippen molar-refractivity contribution in [2.75, 3.05) is 0 Å². The third-order valence-corrected chi connectivity index (χ3v) is 0.249. The van der Waals surface area contributed by atoms with Crippen LogP contribution in [0.1, 0.15) is 0 Å². The molecule has 0 spiro atoms. The van der Waals surface area contributed by atoms with E-state index in [9.17, 15) is 0 Å². The summed E-state index contributed by atoms with van der Waals surface area (Å²) in [6.07, 6.45) is 2.77. The van der Waals surface area contributed by atoms with Crippen molar-refractivity contribution in [2.24, 2.45) is 5.16 Å². The van der Waals surface area contributed by atoms with Crippen molar-refractivity contribution in [1.29, 1.82) is 10.8 Å². The number of nitrogens with zero attached hydrogens (tertiary/aromatic N) is 1. The van der Waals surface area contributed by atoms with Gasteiger partial charge in [0.1, 0.15) is 0 Å². The molecule has 7 heavy (non-hydrogen) atoms. The van der Waals surface area contributed by atoms with Gasteiger partial charge in [-0.15, -0.1) is 0 Å². The first-order valence-corrected chi connectivity index (χ1v) is 1.59. The maximum Gasteiger partial charge on any atom is 0.204 e. The van der Waals surface area contributed by atoms with Crippen LogP contribution in [0.5, 0.6) is 0 Å². The molecular weight excluding hydrogens is 94.1 g/mol. The molecule has 2 N–H and O–H groups in total. The highest BCUT2D eigenvalue weighted by molar-refractivity contribution is 6.14. The van der Waals surface area contributed by atoms with Gasteiger partial charge in [0, 0.05) is 6.21 Å². The maximum atomic E-state index is 6.35. The van der Waals surface area contributed by atoms with Crippen molar-refractivity contribution in [2.45, 2.75) is 0 Å². The molecule has 0 aromatic heterocycles. The molecule has 0 aromatic rings. The average molecular weight is 99.1 g/mol. The highest BCUT2D eigenvalue weighted by atomic mass is 16.6. The molecule has 0 aliphatic rings. The monoisotopic (exact) mass is 99.0 g/mol. The summed E-state index contributed by atoms with van der Waals surface area (Å²) in [6, 6.07) is 0. The number of rotatable bonds is 3. The quantitative estimate of drug-likeness (QED) is 0.297. The van der Waals surface area contributed by atoms with Crippen LogP contribution in [0.25, 0.3) is 0 Å². The predicted molar refractivity (Wildman–Crippen MR) is 27.1 cm³/mol.